The van der Waals surface area contributed by atoms with E-state index >= 15 is 0 Å². The maximum absolute atomic E-state index is 10.8. The number of amides is 1. The van der Waals surface area contributed by atoms with Crippen LogP contribution in [0, 0.1) is 0 Å². The van der Waals surface area contributed by atoms with Crippen LogP contribution in [-0.4, -0.2) is 30.0 Å². The molecule has 0 unspecified atom stereocenters. The number of hydrogen-bond donors (Lipinski definition) is 2. The Hall–Kier alpha value is -0.280. The maximum atomic E-state index is 10.8. The fourth-order valence-electron chi connectivity index (χ4n) is 0.816. The molecule has 12 heavy (non-hydrogen) atoms. The van der Waals surface area contributed by atoms with Gasteiger partial charge >= 0.3 is 0 Å². The van der Waals surface area contributed by atoms with Crippen molar-refractivity contribution in [2.45, 2.75) is 25.7 Å². The molecule has 0 fully saturated rings. The highest BCUT2D eigenvalue weighted by Crippen LogP contribution is 1.92. The second-order valence-electron chi connectivity index (χ2n) is 2.57. The van der Waals surface area contributed by atoms with Crippen LogP contribution in [0.3, 0.4) is 0 Å². The third-order valence-electron chi connectivity index (χ3n) is 1.48. The molecule has 0 aliphatic rings. The molecule has 0 aromatic heterocycles. The second kappa shape index (κ2) is 8.81. The number of carbonyl (C=O) groups excluding carboxylic acids is 1. The lowest BCUT2D eigenvalue weighted by atomic mass is 10.2. The number of halogens is 1. The summed E-state index contributed by atoms with van der Waals surface area (Å²) in [7, 11) is 0. The highest BCUT2D eigenvalue weighted by atomic mass is 35.5. The van der Waals surface area contributed by atoms with Crippen LogP contribution in [0.15, 0.2) is 0 Å². The van der Waals surface area contributed by atoms with E-state index in [2.05, 4.69) is 5.32 Å². The summed E-state index contributed by atoms with van der Waals surface area (Å²) in [6.07, 6.45) is 3.08. The van der Waals surface area contributed by atoms with Gasteiger partial charge in [0, 0.05) is 25.5 Å². The summed E-state index contributed by atoms with van der Waals surface area (Å²) in [5.41, 5.74) is 0. The Labute approximate surface area is 78.1 Å². The fraction of sp³-hybridized carbons (Fsp3) is 0.875. The molecule has 4 heteroatoms. The summed E-state index contributed by atoms with van der Waals surface area (Å²) in [6, 6.07) is 0. The van der Waals surface area contributed by atoms with E-state index in [1.807, 2.05) is 0 Å². The summed E-state index contributed by atoms with van der Waals surface area (Å²) in [6.45, 7) is 0.922. The van der Waals surface area contributed by atoms with Gasteiger partial charge in [0.05, 0.1) is 0 Å². The lowest BCUT2D eigenvalue weighted by molar-refractivity contribution is -0.120. The predicted molar refractivity (Wildman–Crippen MR) is 49.3 cm³/mol. The molecule has 0 rings (SSSR count). The van der Waals surface area contributed by atoms with Crippen LogP contribution in [-0.2, 0) is 4.79 Å². The van der Waals surface area contributed by atoms with Gasteiger partial charge in [-0.1, -0.05) is 0 Å². The molecule has 0 saturated carbocycles. The van der Waals surface area contributed by atoms with Crippen molar-refractivity contribution in [3.63, 3.8) is 0 Å². The molecule has 0 aliphatic carbocycles. The van der Waals surface area contributed by atoms with Gasteiger partial charge in [-0.25, -0.2) is 0 Å². The first kappa shape index (κ1) is 11.7. The van der Waals surface area contributed by atoms with Crippen molar-refractivity contribution in [1.82, 2.24) is 5.32 Å². The molecule has 0 spiro atoms. The smallest absolute Gasteiger partial charge is 0.221 e. The number of alkyl halides is 1. The first-order valence-corrected chi connectivity index (χ1v) is 4.78. The molecule has 0 radical (unpaired) electrons. The van der Waals surface area contributed by atoms with Crippen LogP contribution >= 0.6 is 11.6 Å². The molecule has 0 atom stereocenters. The van der Waals surface area contributed by atoms with Gasteiger partial charge in [-0.2, -0.15) is 0 Å². The van der Waals surface area contributed by atoms with E-state index in [0.717, 1.165) is 19.3 Å². The molecule has 0 heterocycles. The Morgan fingerprint density at radius 3 is 2.67 bits per heavy atom. The number of aliphatic hydroxyl groups is 1. The van der Waals surface area contributed by atoms with E-state index in [1.54, 1.807) is 0 Å². The third-order valence-corrected chi connectivity index (χ3v) is 1.67. The molecular formula is C8H16ClNO2. The summed E-state index contributed by atoms with van der Waals surface area (Å²) < 4.78 is 0. The zero-order valence-electron chi connectivity index (χ0n) is 7.18. The molecule has 2 N–H and O–H groups in total. The molecule has 0 aromatic carbocycles. The summed E-state index contributed by atoms with van der Waals surface area (Å²) >= 11 is 5.37. The van der Waals surface area contributed by atoms with Gasteiger partial charge in [0.1, 0.15) is 0 Å². The van der Waals surface area contributed by atoms with Crippen molar-refractivity contribution in [3.05, 3.63) is 0 Å². The number of unbranched alkanes of at least 4 members (excludes halogenated alkanes) is 2. The van der Waals surface area contributed by atoms with E-state index in [9.17, 15) is 4.79 Å². The number of aliphatic hydroxyl groups excluding tert-OH is 1. The first-order chi connectivity index (χ1) is 5.81. The SMILES string of the molecule is O=C(CCCl)NCCCCCO. The highest BCUT2D eigenvalue weighted by Gasteiger charge is 1.97. The van der Waals surface area contributed by atoms with Gasteiger partial charge in [-0.05, 0) is 19.3 Å². The van der Waals surface area contributed by atoms with Crippen molar-refractivity contribution >= 4 is 17.5 Å². The van der Waals surface area contributed by atoms with Crippen LogP contribution < -0.4 is 5.32 Å². The van der Waals surface area contributed by atoms with E-state index in [-0.39, 0.29) is 12.5 Å². The van der Waals surface area contributed by atoms with E-state index in [1.165, 1.54) is 0 Å². The molecule has 3 nitrogen and oxygen atoms in total. The maximum Gasteiger partial charge on any atom is 0.221 e. The normalized spacial score (nSPS) is 9.83. The van der Waals surface area contributed by atoms with Gasteiger partial charge < -0.3 is 10.4 Å². The van der Waals surface area contributed by atoms with E-state index in [0.29, 0.717) is 18.8 Å². The quantitative estimate of drug-likeness (QED) is 0.466. The van der Waals surface area contributed by atoms with Crippen molar-refractivity contribution < 1.29 is 9.90 Å². The van der Waals surface area contributed by atoms with Gasteiger partial charge in [-0.15, -0.1) is 11.6 Å². The largest absolute Gasteiger partial charge is 0.396 e. The minimum absolute atomic E-state index is 0.00833. The third kappa shape index (κ3) is 7.82. The minimum atomic E-state index is 0.00833. The molecule has 72 valence electrons. The zero-order valence-corrected chi connectivity index (χ0v) is 7.94. The Morgan fingerprint density at radius 1 is 1.33 bits per heavy atom. The van der Waals surface area contributed by atoms with Crippen LogP contribution in [0.25, 0.3) is 0 Å². The Balaban J connectivity index is 3.03. The summed E-state index contributed by atoms with van der Waals surface area (Å²) in [4.78, 5) is 10.8. The first-order valence-electron chi connectivity index (χ1n) is 4.24. The average molecular weight is 194 g/mol. The molecule has 0 bridgehead atoms. The van der Waals surface area contributed by atoms with Crippen LogP contribution in [0.5, 0.6) is 0 Å². The molecular weight excluding hydrogens is 178 g/mol. The van der Waals surface area contributed by atoms with Crippen LogP contribution in [0.4, 0.5) is 0 Å². The Bertz CT molecular complexity index is 120. The Kier molecular flexibility index (Phi) is 8.61. The lowest BCUT2D eigenvalue weighted by Gasteiger charge is -2.02. The molecule has 0 aromatic rings. The second-order valence-corrected chi connectivity index (χ2v) is 2.95. The summed E-state index contributed by atoms with van der Waals surface area (Å²) in [5, 5.41) is 11.2. The van der Waals surface area contributed by atoms with Gasteiger partial charge in [0.2, 0.25) is 5.91 Å². The van der Waals surface area contributed by atoms with Crippen molar-refractivity contribution in [1.29, 1.82) is 0 Å². The number of carbonyl (C=O) groups is 1. The van der Waals surface area contributed by atoms with Crippen LogP contribution in [0.2, 0.25) is 0 Å². The molecule has 0 saturated heterocycles. The highest BCUT2D eigenvalue weighted by molar-refractivity contribution is 6.18. The van der Waals surface area contributed by atoms with Gasteiger partial charge in [-0.3, -0.25) is 4.79 Å². The topological polar surface area (TPSA) is 49.3 Å². The van der Waals surface area contributed by atoms with Crippen molar-refractivity contribution in [2.75, 3.05) is 19.0 Å². The van der Waals surface area contributed by atoms with E-state index in [4.69, 9.17) is 16.7 Å². The van der Waals surface area contributed by atoms with Crippen LogP contribution in [0.1, 0.15) is 25.7 Å². The van der Waals surface area contributed by atoms with Crippen molar-refractivity contribution in [3.8, 4) is 0 Å². The predicted octanol–water partition coefficient (Wildman–Crippen LogP) is 0.894. The number of rotatable bonds is 7. The fourth-order valence-corrected chi connectivity index (χ4v) is 0.987. The summed E-state index contributed by atoms with van der Waals surface area (Å²) in [5.74, 6) is 0.386. The number of nitrogens with one attached hydrogen (secondary N) is 1. The lowest BCUT2D eigenvalue weighted by Crippen LogP contribution is -2.24. The zero-order chi connectivity index (χ0) is 9.23. The van der Waals surface area contributed by atoms with Crippen molar-refractivity contribution in [2.24, 2.45) is 0 Å². The Morgan fingerprint density at radius 2 is 2.08 bits per heavy atom. The van der Waals surface area contributed by atoms with E-state index < -0.39 is 0 Å². The average Bonchev–Trinajstić information content (AvgIpc) is 2.05. The van der Waals surface area contributed by atoms with Gasteiger partial charge in [0.15, 0.2) is 0 Å². The minimum Gasteiger partial charge on any atom is -0.396 e. The number of hydrogen-bond acceptors (Lipinski definition) is 2. The molecule has 1 amide bonds. The molecule has 0 aliphatic heterocycles. The van der Waals surface area contributed by atoms with Gasteiger partial charge in [0.25, 0.3) is 0 Å². The standard InChI is InChI=1S/C8H16ClNO2/c9-5-4-8(12)10-6-2-1-3-7-11/h11H,1-7H2,(H,10,12). The monoisotopic (exact) mass is 193 g/mol.